The fraction of sp³-hybridized carbons (Fsp3) is 0.462. The molecule has 4 heteroatoms. The summed E-state index contributed by atoms with van der Waals surface area (Å²) in [4.78, 5) is 12.5. The molecule has 0 aliphatic carbocycles. The number of para-hydroxylation sites is 1. The van der Waals surface area contributed by atoms with Gasteiger partial charge in [0.25, 0.3) is 0 Å². The van der Waals surface area contributed by atoms with Crippen LogP contribution in [0, 0.1) is 12.8 Å². The monoisotopic (exact) mass is 253 g/mol. The first-order chi connectivity index (χ1) is 8.06. The molecule has 1 rings (SSSR count). The summed E-state index contributed by atoms with van der Waals surface area (Å²) in [6.45, 7) is 6.10. The second kappa shape index (κ2) is 6.55. The number of hydrogen-bond acceptors (Lipinski definition) is 4. The molecule has 17 heavy (non-hydrogen) atoms. The summed E-state index contributed by atoms with van der Waals surface area (Å²) in [5.74, 6) is 0.429. The van der Waals surface area contributed by atoms with E-state index in [-0.39, 0.29) is 11.9 Å². The molecule has 0 aliphatic rings. The van der Waals surface area contributed by atoms with Crippen LogP contribution in [0.15, 0.2) is 23.1 Å². The molecule has 94 valence electrons. The lowest BCUT2D eigenvalue weighted by Gasteiger charge is -2.12. The van der Waals surface area contributed by atoms with Gasteiger partial charge in [-0.1, -0.05) is 19.1 Å². The standard InChI is InChI=1S/C13H19NO2S/c1-4-16-13(15)10(3)8-17-11-7-5-6-9(2)12(11)14/h5-7,10H,4,8,14H2,1-3H3. The number of hydrogen-bond donors (Lipinski definition) is 1. The van der Waals surface area contributed by atoms with Gasteiger partial charge in [-0.05, 0) is 25.5 Å². The zero-order chi connectivity index (χ0) is 12.8. The third-order valence-electron chi connectivity index (χ3n) is 2.46. The Labute approximate surface area is 107 Å². The van der Waals surface area contributed by atoms with Gasteiger partial charge in [0.05, 0.1) is 12.5 Å². The fourth-order valence-corrected chi connectivity index (χ4v) is 2.40. The maximum absolute atomic E-state index is 11.4. The number of nitrogen functional groups attached to an aromatic ring is 1. The second-order valence-corrected chi connectivity index (χ2v) is 5.01. The van der Waals surface area contributed by atoms with Crippen LogP contribution in [0.2, 0.25) is 0 Å². The summed E-state index contributed by atoms with van der Waals surface area (Å²) in [7, 11) is 0. The van der Waals surface area contributed by atoms with Gasteiger partial charge in [-0.3, -0.25) is 4.79 Å². The molecule has 0 fully saturated rings. The van der Waals surface area contributed by atoms with Crippen molar-refractivity contribution in [3.05, 3.63) is 23.8 Å². The smallest absolute Gasteiger partial charge is 0.309 e. The minimum absolute atomic E-state index is 0.111. The van der Waals surface area contributed by atoms with Crippen LogP contribution in [-0.4, -0.2) is 18.3 Å². The van der Waals surface area contributed by atoms with Gasteiger partial charge in [-0.2, -0.15) is 0 Å². The highest BCUT2D eigenvalue weighted by Gasteiger charge is 2.14. The molecule has 0 heterocycles. The number of rotatable bonds is 5. The van der Waals surface area contributed by atoms with E-state index in [0.717, 1.165) is 16.1 Å². The van der Waals surface area contributed by atoms with E-state index in [2.05, 4.69) is 0 Å². The number of aryl methyl sites for hydroxylation is 1. The van der Waals surface area contributed by atoms with E-state index in [0.29, 0.717) is 12.4 Å². The summed E-state index contributed by atoms with van der Waals surface area (Å²) >= 11 is 1.60. The SMILES string of the molecule is CCOC(=O)C(C)CSc1cccc(C)c1N. The van der Waals surface area contributed by atoms with Gasteiger partial charge in [-0.25, -0.2) is 0 Å². The molecule has 0 bridgehead atoms. The Bertz CT molecular complexity index is 393. The average molecular weight is 253 g/mol. The topological polar surface area (TPSA) is 52.3 Å². The summed E-state index contributed by atoms with van der Waals surface area (Å²) < 4.78 is 4.96. The normalized spacial score (nSPS) is 12.2. The third kappa shape index (κ3) is 3.97. The molecule has 1 atom stereocenters. The van der Waals surface area contributed by atoms with Gasteiger partial charge < -0.3 is 10.5 Å². The summed E-state index contributed by atoms with van der Waals surface area (Å²) in [6.07, 6.45) is 0. The van der Waals surface area contributed by atoms with Crippen molar-refractivity contribution >= 4 is 23.4 Å². The van der Waals surface area contributed by atoms with Crippen molar-refractivity contribution in [2.45, 2.75) is 25.7 Å². The molecule has 2 N–H and O–H groups in total. The summed E-state index contributed by atoms with van der Waals surface area (Å²) in [5, 5.41) is 0. The van der Waals surface area contributed by atoms with Crippen LogP contribution in [-0.2, 0) is 9.53 Å². The van der Waals surface area contributed by atoms with Gasteiger partial charge in [0.1, 0.15) is 0 Å². The van der Waals surface area contributed by atoms with Gasteiger partial charge in [0, 0.05) is 16.3 Å². The lowest BCUT2D eigenvalue weighted by Crippen LogP contribution is -2.16. The molecule has 0 aliphatic heterocycles. The molecule has 0 amide bonds. The molecular formula is C13H19NO2S. The Balaban J connectivity index is 2.56. The van der Waals surface area contributed by atoms with E-state index in [1.165, 1.54) is 0 Å². The molecule has 1 aromatic rings. The Morgan fingerprint density at radius 1 is 1.53 bits per heavy atom. The van der Waals surface area contributed by atoms with Crippen LogP contribution < -0.4 is 5.73 Å². The van der Waals surface area contributed by atoms with Crippen molar-refractivity contribution in [3.63, 3.8) is 0 Å². The van der Waals surface area contributed by atoms with Crippen molar-refractivity contribution in [2.24, 2.45) is 5.92 Å². The van der Waals surface area contributed by atoms with Crippen LogP contribution in [0.5, 0.6) is 0 Å². The molecule has 3 nitrogen and oxygen atoms in total. The highest BCUT2D eigenvalue weighted by atomic mass is 32.2. The van der Waals surface area contributed by atoms with E-state index < -0.39 is 0 Å². The van der Waals surface area contributed by atoms with Crippen molar-refractivity contribution in [1.29, 1.82) is 0 Å². The first kappa shape index (κ1) is 13.9. The lowest BCUT2D eigenvalue weighted by molar-refractivity contribution is -0.146. The van der Waals surface area contributed by atoms with E-state index in [4.69, 9.17) is 10.5 Å². The van der Waals surface area contributed by atoms with Gasteiger partial charge in [0.2, 0.25) is 0 Å². The fourth-order valence-electron chi connectivity index (χ4n) is 1.35. The molecule has 0 saturated heterocycles. The number of nitrogens with two attached hydrogens (primary N) is 1. The molecule has 0 spiro atoms. The molecule has 0 aromatic heterocycles. The van der Waals surface area contributed by atoms with E-state index >= 15 is 0 Å². The maximum atomic E-state index is 11.4. The second-order valence-electron chi connectivity index (χ2n) is 3.95. The Kier molecular flexibility index (Phi) is 5.35. The number of thioether (sulfide) groups is 1. The predicted molar refractivity (Wildman–Crippen MR) is 72.1 cm³/mol. The lowest BCUT2D eigenvalue weighted by atomic mass is 10.2. The highest BCUT2D eigenvalue weighted by Crippen LogP contribution is 2.28. The van der Waals surface area contributed by atoms with Crippen molar-refractivity contribution in [3.8, 4) is 0 Å². The number of esters is 1. The Hall–Kier alpha value is -1.16. The van der Waals surface area contributed by atoms with Gasteiger partial charge in [-0.15, -0.1) is 11.8 Å². The number of carbonyl (C=O) groups is 1. The number of anilines is 1. The van der Waals surface area contributed by atoms with Crippen molar-refractivity contribution < 1.29 is 9.53 Å². The Morgan fingerprint density at radius 2 is 2.24 bits per heavy atom. The maximum Gasteiger partial charge on any atom is 0.309 e. The van der Waals surface area contributed by atoms with E-state index in [1.54, 1.807) is 11.8 Å². The predicted octanol–water partition coefficient (Wildman–Crippen LogP) is 2.87. The summed E-state index contributed by atoms with van der Waals surface area (Å²) in [5.41, 5.74) is 7.83. The Morgan fingerprint density at radius 3 is 2.88 bits per heavy atom. The first-order valence-corrected chi connectivity index (χ1v) is 6.69. The third-order valence-corrected chi connectivity index (χ3v) is 3.80. The summed E-state index contributed by atoms with van der Waals surface area (Å²) in [6, 6.07) is 5.93. The van der Waals surface area contributed by atoms with Crippen LogP contribution in [0.25, 0.3) is 0 Å². The molecular weight excluding hydrogens is 234 g/mol. The van der Waals surface area contributed by atoms with Crippen molar-refractivity contribution in [2.75, 3.05) is 18.1 Å². The van der Waals surface area contributed by atoms with E-state index in [9.17, 15) is 4.79 Å². The largest absolute Gasteiger partial charge is 0.466 e. The molecule has 1 unspecified atom stereocenters. The number of benzene rings is 1. The quantitative estimate of drug-likeness (QED) is 0.498. The van der Waals surface area contributed by atoms with Crippen LogP contribution in [0.1, 0.15) is 19.4 Å². The zero-order valence-electron chi connectivity index (χ0n) is 10.5. The van der Waals surface area contributed by atoms with Crippen LogP contribution >= 0.6 is 11.8 Å². The molecule has 1 aromatic carbocycles. The minimum Gasteiger partial charge on any atom is -0.466 e. The van der Waals surface area contributed by atoms with Gasteiger partial charge >= 0.3 is 5.97 Å². The minimum atomic E-state index is -0.147. The highest BCUT2D eigenvalue weighted by molar-refractivity contribution is 7.99. The van der Waals surface area contributed by atoms with Gasteiger partial charge in [0.15, 0.2) is 0 Å². The van der Waals surface area contributed by atoms with Crippen molar-refractivity contribution in [1.82, 2.24) is 0 Å². The number of carbonyl (C=O) groups excluding carboxylic acids is 1. The first-order valence-electron chi connectivity index (χ1n) is 5.70. The average Bonchev–Trinajstić information content (AvgIpc) is 2.31. The number of ether oxygens (including phenoxy) is 1. The van der Waals surface area contributed by atoms with Crippen LogP contribution in [0.3, 0.4) is 0 Å². The van der Waals surface area contributed by atoms with E-state index in [1.807, 2.05) is 39.0 Å². The van der Waals surface area contributed by atoms with Crippen LogP contribution in [0.4, 0.5) is 5.69 Å². The molecule has 0 saturated carbocycles. The zero-order valence-corrected chi connectivity index (χ0v) is 11.3. The molecule has 0 radical (unpaired) electrons.